The number of piperazine rings is 1. The molecule has 0 aliphatic carbocycles. The van der Waals surface area contributed by atoms with Gasteiger partial charge in [-0.2, -0.15) is 0 Å². The average Bonchev–Trinajstić information content (AvgIpc) is 2.79. The monoisotopic (exact) mass is 437 g/mol. The van der Waals surface area contributed by atoms with Gasteiger partial charge in [0.2, 0.25) is 11.8 Å². The molecule has 1 fully saturated rings. The smallest absolute Gasteiger partial charge is 0.242 e. The summed E-state index contributed by atoms with van der Waals surface area (Å²) in [4.78, 5) is 31.0. The summed E-state index contributed by atoms with van der Waals surface area (Å²) in [5, 5.41) is 8.81. The molecule has 0 N–H and O–H groups in total. The van der Waals surface area contributed by atoms with E-state index < -0.39 is 0 Å². The zero-order valence-electron chi connectivity index (χ0n) is 19.8. The zero-order chi connectivity index (χ0) is 23.1. The Bertz CT molecular complexity index is 888. The third-order valence-electron chi connectivity index (χ3n) is 5.71. The maximum Gasteiger partial charge on any atom is 0.242 e. The van der Waals surface area contributed by atoms with E-state index >= 15 is 0 Å². The van der Waals surface area contributed by atoms with E-state index in [1.54, 1.807) is 4.90 Å². The van der Waals surface area contributed by atoms with Crippen LogP contribution in [0.15, 0.2) is 36.4 Å². The maximum atomic E-state index is 12.8. The molecule has 1 aromatic carbocycles. The number of carbonyl (C=O) groups excluding carboxylic acids is 2. The van der Waals surface area contributed by atoms with Gasteiger partial charge in [0.15, 0.2) is 5.82 Å². The summed E-state index contributed by atoms with van der Waals surface area (Å²) in [5.74, 6) is 1.21. The van der Waals surface area contributed by atoms with Crippen molar-refractivity contribution >= 4 is 17.6 Å². The summed E-state index contributed by atoms with van der Waals surface area (Å²) in [6, 6.07) is 12.2. The molecule has 7 heteroatoms. The Balaban J connectivity index is 1.54. The van der Waals surface area contributed by atoms with Crippen LogP contribution in [0.1, 0.15) is 39.2 Å². The van der Waals surface area contributed by atoms with Crippen LogP contribution in [0.25, 0.3) is 11.3 Å². The van der Waals surface area contributed by atoms with Crippen LogP contribution in [0, 0.1) is 12.8 Å². The van der Waals surface area contributed by atoms with Crippen molar-refractivity contribution in [3.8, 4) is 11.3 Å². The van der Waals surface area contributed by atoms with Gasteiger partial charge in [0.1, 0.15) is 0 Å². The third kappa shape index (κ3) is 6.28. The summed E-state index contributed by atoms with van der Waals surface area (Å²) < 4.78 is 0. The molecule has 0 atom stereocenters. The third-order valence-corrected chi connectivity index (χ3v) is 5.71. The number of aryl methyl sites for hydroxylation is 1. The Morgan fingerprint density at radius 1 is 1.00 bits per heavy atom. The van der Waals surface area contributed by atoms with Gasteiger partial charge in [0.05, 0.1) is 12.2 Å². The van der Waals surface area contributed by atoms with E-state index in [9.17, 15) is 9.59 Å². The second-order valence-corrected chi connectivity index (χ2v) is 8.92. The molecule has 1 aliphatic rings. The highest BCUT2D eigenvalue weighted by atomic mass is 16.2. The van der Waals surface area contributed by atoms with Gasteiger partial charge < -0.3 is 14.7 Å². The van der Waals surface area contributed by atoms with Crippen molar-refractivity contribution in [2.24, 2.45) is 5.92 Å². The SMILES string of the molecule is CCCN(CC(=O)N1CCN(c2ccc(-c3ccc(C)cc3)nn2)CC1)C(=O)CC(C)C. The van der Waals surface area contributed by atoms with E-state index in [-0.39, 0.29) is 18.4 Å². The molecular weight excluding hydrogens is 402 g/mol. The largest absolute Gasteiger partial charge is 0.352 e. The van der Waals surface area contributed by atoms with Gasteiger partial charge in [-0.15, -0.1) is 10.2 Å². The van der Waals surface area contributed by atoms with Crippen LogP contribution in [0.3, 0.4) is 0 Å². The van der Waals surface area contributed by atoms with E-state index in [0.717, 1.165) is 23.5 Å². The van der Waals surface area contributed by atoms with E-state index in [2.05, 4.69) is 46.3 Å². The minimum Gasteiger partial charge on any atom is -0.352 e. The lowest BCUT2D eigenvalue weighted by molar-refractivity contribution is -0.141. The van der Waals surface area contributed by atoms with Gasteiger partial charge in [-0.3, -0.25) is 9.59 Å². The van der Waals surface area contributed by atoms with Crippen molar-refractivity contribution in [3.63, 3.8) is 0 Å². The molecule has 172 valence electrons. The fourth-order valence-electron chi connectivity index (χ4n) is 3.86. The van der Waals surface area contributed by atoms with Crippen LogP contribution in [-0.4, -0.2) is 71.1 Å². The highest BCUT2D eigenvalue weighted by Gasteiger charge is 2.25. The van der Waals surface area contributed by atoms with Gasteiger partial charge in [-0.05, 0) is 31.4 Å². The standard InChI is InChI=1S/C25H35N5O2/c1-5-12-30(24(31)17-19(2)3)18-25(32)29-15-13-28(14-16-29)23-11-10-22(26-27-23)21-8-6-20(4)7-9-21/h6-11,19H,5,12-18H2,1-4H3. The number of carbonyl (C=O) groups is 2. The second-order valence-electron chi connectivity index (χ2n) is 8.92. The molecule has 3 rings (SSSR count). The number of aromatic nitrogens is 2. The van der Waals surface area contributed by atoms with Crippen LogP contribution in [-0.2, 0) is 9.59 Å². The first-order valence-corrected chi connectivity index (χ1v) is 11.6. The Hall–Kier alpha value is -2.96. The van der Waals surface area contributed by atoms with E-state index in [0.29, 0.717) is 45.1 Å². The minimum absolute atomic E-state index is 0.0241. The van der Waals surface area contributed by atoms with Crippen LogP contribution < -0.4 is 4.90 Å². The summed E-state index contributed by atoms with van der Waals surface area (Å²) >= 11 is 0. The normalized spacial score (nSPS) is 14.0. The van der Waals surface area contributed by atoms with Gasteiger partial charge >= 0.3 is 0 Å². The molecule has 1 aromatic heterocycles. The molecule has 7 nitrogen and oxygen atoms in total. The number of anilines is 1. The summed E-state index contributed by atoms with van der Waals surface area (Å²) in [6.45, 7) is 11.6. The molecule has 2 heterocycles. The molecule has 0 unspecified atom stereocenters. The predicted molar refractivity (Wildman–Crippen MR) is 127 cm³/mol. The van der Waals surface area contributed by atoms with Crippen molar-refractivity contribution in [1.82, 2.24) is 20.0 Å². The number of amides is 2. The zero-order valence-corrected chi connectivity index (χ0v) is 19.8. The van der Waals surface area contributed by atoms with E-state index in [1.807, 2.05) is 37.8 Å². The second kappa shape index (κ2) is 11.1. The summed E-state index contributed by atoms with van der Waals surface area (Å²) in [7, 11) is 0. The topological polar surface area (TPSA) is 69.6 Å². The van der Waals surface area contributed by atoms with Crippen LogP contribution >= 0.6 is 0 Å². The fourth-order valence-corrected chi connectivity index (χ4v) is 3.86. The average molecular weight is 438 g/mol. The first-order chi connectivity index (χ1) is 15.4. The van der Waals surface area contributed by atoms with Gasteiger partial charge in [0, 0.05) is 44.7 Å². The summed E-state index contributed by atoms with van der Waals surface area (Å²) in [6.07, 6.45) is 1.33. The molecule has 2 amide bonds. The number of nitrogens with zero attached hydrogens (tertiary/aromatic N) is 5. The van der Waals surface area contributed by atoms with Crippen LogP contribution in [0.4, 0.5) is 5.82 Å². The van der Waals surface area contributed by atoms with Gasteiger partial charge in [-0.25, -0.2) is 0 Å². The number of hydrogen-bond acceptors (Lipinski definition) is 5. The minimum atomic E-state index is 0.0241. The van der Waals surface area contributed by atoms with Crippen molar-refractivity contribution < 1.29 is 9.59 Å². The highest BCUT2D eigenvalue weighted by molar-refractivity contribution is 5.85. The van der Waals surface area contributed by atoms with Gasteiger partial charge in [-0.1, -0.05) is 50.6 Å². The number of benzene rings is 1. The first kappa shape index (κ1) is 23.7. The molecule has 2 aromatic rings. The van der Waals surface area contributed by atoms with E-state index in [1.165, 1.54) is 5.56 Å². The lowest BCUT2D eigenvalue weighted by Gasteiger charge is -2.36. The van der Waals surface area contributed by atoms with Crippen LogP contribution in [0.2, 0.25) is 0 Å². The molecule has 0 spiro atoms. The molecule has 0 radical (unpaired) electrons. The Labute approximate surface area is 191 Å². The quantitative estimate of drug-likeness (QED) is 0.633. The lowest BCUT2D eigenvalue weighted by atomic mass is 10.1. The molecular formula is C25H35N5O2. The van der Waals surface area contributed by atoms with Crippen molar-refractivity contribution in [2.45, 2.75) is 40.5 Å². The van der Waals surface area contributed by atoms with Gasteiger partial charge in [0.25, 0.3) is 0 Å². The van der Waals surface area contributed by atoms with Crippen LogP contribution in [0.5, 0.6) is 0 Å². The number of hydrogen-bond donors (Lipinski definition) is 0. The maximum absolute atomic E-state index is 12.8. The summed E-state index contributed by atoms with van der Waals surface area (Å²) in [5.41, 5.74) is 3.12. The Morgan fingerprint density at radius 3 is 2.25 bits per heavy atom. The molecule has 0 saturated carbocycles. The van der Waals surface area contributed by atoms with Crippen molar-refractivity contribution in [1.29, 1.82) is 0 Å². The number of rotatable bonds is 8. The Morgan fingerprint density at radius 2 is 1.69 bits per heavy atom. The Kier molecular flexibility index (Phi) is 8.20. The van der Waals surface area contributed by atoms with Crippen molar-refractivity contribution in [2.75, 3.05) is 44.2 Å². The lowest BCUT2D eigenvalue weighted by Crippen LogP contribution is -2.52. The fraction of sp³-hybridized carbons (Fsp3) is 0.520. The van der Waals surface area contributed by atoms with E-state index in [4.69, 9.17) is 0 Å². The molecule has 32 heavy (non-hydrogen) atoms. The first-order valence-electron chi connectivity index (χ1n) is 11.6. The molecule has 1 aliphatic heterocycles. The predicted octanol–water partition coefficient (Wildman–Crippen LogP) is 3.39. The van der Waals surface area contributed by atoms with Crippen molar-refractivity contribution in [3.05, 3.63) is 42.0 Å². The highest BCUT2D eigenvalue weighted by Crippen LogP contribution is 2.20. The molecule has 0 bridgehead atoms. The molecule has 1 saturated heterocycles.